The second kappa shape index (κ2) is 7.42. The Morgan fingerprint density at radius 2 is 2.11 bits per heavy atom. The molecule has 4 nitrogen and oxygen atoms in total. The van der Waals surface area contributed by atoms with Crippen molar-refractivity contribution in [2.75, 3.05) is 45.9 Å². The summed E-state index contributed by atoms with van der Waals surface area (Å²) in [6.07, 6.45) is -4.37. The van der Waals surface area contributed by atoms with E-state index >= 15 is 0 Å². The van der Waals surface area contributed by atoms with Crippen LogP contribution in [0.5, 0.6) is 0 Å². The van der Waals surface area contributed by atoms with Gasteiger partial charge >= 0.3 is 6.18 Å². The first-order valence-corrected chi connectivity index (χ1v) is 6.66. The summed E-state index contributed by atoms with van der Waals surface area (Å²) in [4.78, 5) is 3.55. The summed E-state index contributed by atoms with van der Waals surface area (Å²) in [6.45, 7) is 6.06. The Morgan fingerprint density at radius 1 is 1.42 bits per heavy atom. The van der Waals surface area contributed by atoms with Gasteiger partial charge in [0.25, 0.3) is 0 Å². The van der Waals surface area contributed by atoms with E-state index in [1.54, 1.807) is 0 Å². The summed E-state index contributed by atoms with van der Waals surface area (Å²) in [7, 11) is 0. The Hall–Kier alpha value is -0.370. The van der Waals surface area contributed by atoms with Crippen molar-refractivity contribution < 1.29 is 17.9 Å². The van der Waals surface area contributed by atoms with Crippen molar-refractivity contribution in [3.63, 3.8) is 0 Å². The van der Waals surface area contributed by atoms with Crippen LogP contribution in [0.25, 0.3) is 0 Å². The maximum absolute atomic E-state index is 12.5. The zero-order valence-electron chi connectivity index (χ0n) is 11.6. The van der Waals surface area contributed by atoms with Crippen LogP contribution in [0, 0.1) is 0 Å². The second-order valence-electron chi connectivity index (χ2n) is 5.22. The van der Waals surface area contributed by atoms with Crippen LogP contribution in [0.1, 0.15) is 13.8 Å². The number of rotatable bonds is 6. The maximum atomic E-state index is 12.5. The summed E-state index contributed by atoms with van der Waals surface area (Å²) in [5.74, 6) is 0. The van der Waals surface area contributed by atoms with Crippen molar-refractivity contribution in [1.82, 2.24) is 9.80 Å². The molecule has 0 amide bonds. The molecule has 19 heavy (non-hydrogen) atoms. The molecule has 1 aliphatic rings. The Balaban J connectivity index is 2.48. The van der Waals surface area contributed by atoms with E-state index in [2.05, 4.69) is 18.7 Å². The van der Waals surface area contributed by atoms with Crippen molar-refractivity contribution in [3.8, 4) is 0 Å². The van der Waals surface area contributed by atoms with Crippen molar-refractivity contribution >= 4 is 0 Å². The molecule has 0 aromatic carbocycles. The quantitative estimate of drug-likeness (QED) is 0.787. The Bertz CT molecular complexity index is 261. The van der Waals surface area contributed by atoms with Gasteiger partial charge in [0, 0.05) is 38.8 Å². The fourth-order valence-electron chi connectivity index (χ4n) is 2.28. The Kier molecular flexibility index (Phi) is 6.52. The van der Waals surface area contributed by atoms with Gasteiger partial charge in [0.15, 0.2) is 0 Å². The lowest BCUT2D eigenvalue weighted by atomic mass is 10.2. The molecule has 0 bridgehead atoms. The fraction of sp³-hybridized carbons (Fsp3) is 1.00. The molecule has 2 N–H and O–H groups in total. The van der Waals surface area contributed by atoms with Gasteiger partial charge in [-0.2, -0.15) is 13.2 Å². The summed E-state index contributed by atoms with van der Waals surface area (Å²) >= 11 is 0. The van der Waals surface area contributed by atoms with E-state index in [1.165, 1.54) is 4.90 Å². The average Bonchev–Trinajstić information content (AvgIpc) is 2.27. The molecule has 7 heteroatoms. The lowest BCUT2D eigenvalue weighted by Gasteiger charge is -2.37. The zero-order chi connectivity index (χ0) is 14.5. The molecule has 0 aromatic rings. The number of halogens is 3. The molecule has 0 spiro atoms. The van der Waals surface area contributed by atoms with Crippen LogP contribution in [0.3, 0.4) is 0 Å². The molecule has 1 aliphatic heterocycles. The predicted octanol–water partition coefficient (Wildman–Crippen LogP) is 0.919. The van der Waals surface area contributed by atoms with Gasteiger partial charge in [-0.25, -0.2) is 0 Å². The lowest BCUT2D eigenvalue weighted by Crippen LogP contribution is -2.51. The normalized spacial score (nSPS) is 22.4. The minimum atomic E-state index is -4.19. The van der Waals surface area contributed by atoms with Crippen LogP contribution in [0.4, 0.5) is 13.2 Å². The largest absolute Gasteiger partial charge is 0.401 e. The van der Waals surface area contributed by atoms with E-state index in [4.69, 9.17) is 10.5 Å². The molecule has 1 unspecified atom stereocenters. The van der Waals surface area contributed by atoms with Gasteiger partial charge in [-0.15, -0.1) is 0 Å². The smallest absolute Gasteiger partial charge is 0.374 e. The highest BCUT2D eigenvalue weighted by Crippen LogP contribution is 2.17. The van der Waals surface area contributed by atoms with Gasteiger partial charge in [-0.1, -0.05) is 0 Å². The topological polar surface area (TPSA) is 41.7 Å². The van der Waals surface area contributed by atoms with E-state index in [1.807, 2.05) is 0 Å². The third-order valence-electron chi connectivity index (χ3n) is 3.21. The molecule has 0 aromatic heterocycles. The van der Waals surface area contributed by atoms with Crippen LogP contribution in [0.2, 0.25) is 0 Å². The highest BCUT2D eigenvalue weighted by atomic mass is 19.4. The van der Waals surface area contributed by atoms with Gasteiger partial charge in [0.05, 0.1) is 19.3 Å². The van der Waals surface area contributed by atoms with Crippen molar-refractivity contribution in [3.05, 3.63) is 0 Å². The van der Waals surface area contributed by atoms with Gasteiger partial charge in [0.1, 0.15) is 0 Å². The van der Waals surface area contributed by atoms with Gasteiger partial charge in [-0.3, -0.25) is 9.80 Å². The first-order valence-electron chi connectivity index (χ1n) is 6.66. The van der Waals surface area contributed by atoms with E-state index < -0.39 is 12.7 Å². The first kappa shape index (κ1) is 16.7. The third-order valence-corrected chi connectivity index (χ3v) is 3.21. The molecule has 0 aliphatic carbocycles. The lowest BCUT2D eigenvalue weighted by molar-refractivity contribution is -0.151. The minimum absolute atomic E-state index is 0.176. The highest BCUT2D eigenvalue weighted by Gasteiger charge is 2.32. The van der Waals surface area contributed by atoms with Crippen molar-refractivity contribution in [2.24, 2.45) is 5.73 Å². The van der Waals surface area contributed by atoms with Gasteiger partial charge in [-0.05, 0) is 13.8 Å². The van der Waals surface area contributed by atoms with E-state index in [0.717, 1.165) is 6.54 Å². The summed E-state index contributed by atoms with van der Waals surface area (Å²) in [5.41, 5.74) is 5.37. The fourth-order valence-corrected chi connectivity index (χ4v) is 2.28. The van der Waals surface area contributed by atoms with Gasteiger partial charge < -0.3 is 10.5 Å². The number of ether oxygens (including phenoxy) is 1. The summed E-state index contributed by atoms with van der Waals surface area (Å²) < 4.78 is 42.9. The van der Waals surface area contributed by atoms with Crippen LogP contribution in [-0.4, -0.2) is 74.0 Å². The molecule has 1 saturated heterocycles. The van der Waals surface area contributed by atoms with Crippen LogP contribution < -0.4 is 5.73 Å². The van der Waals surface area contributed by atoms with Crippen molar-refractivity contribution in [2.45, 2.75) is 32.2 Å². The molecular formula is C12H24F3N3O. The molecule has 1 heterocycles. The van der Waals surface area contributed by atoms with Crippen molar-refractivity contribution in [1.29, 1.82) is 0 Å². The number of hydrogen-bond donors (Lipinski definition) is 1. The predicted molar refractivity (Wildman–Crippen MR) is 68.0 cm³/mol. The SMILES string of the molecule is CC(C)N1CCOC(CN(CCN)CC(F)(F)F)C1. The number of alkyl halides is 3. The molecule has 0 saturated carbocycles. The van der Waals surface area contributed by atoms with Crippen LogP contribution >= 0.6 is 0 Å². The third kappa shape index (κ3) is 6.56. The highest BCUT2D eigenvalue weighted by molar-refractivity contribution is 4.78. The molecule has 114 valence electrons. The number of nitrogens with zero attached hydrogens (tertiary/aromatic N) is 2. The van der Waals surface area contributed by atoms with Crippen LogP contribution in [-0.2, 0) is 4.74 Å². The Labute approximate surface area is 112 Å². The second-order valence-corrected chi connectivity index (χ2v) is 5.22. The molecular weight excluding hydrogens is 259 g/mol. The number of nitrogens with two attached hydrogens (primary N) is 1. The molecule has 0 radical (unpaired) electrons. The van der Waals surface area contributed by atoms with Gasteiger partial charge in [0.2, 0.25) is 0 Å². The van der Waals surface area contributed by atoms with E-state index in [-0.39, 0.29) is 25.7 Å². The van der Waals surface area contributed by atoms with E-state index in [0.29, 0.717) is 19.2 Å². The summed E-state index contributed by atoms with van der Waals surface area (Å²) in [6, 6.07) is 0.386. The monoisotopic (exact) mass is 283 g/mol. The number of morpholine rings is 1. The maximum Gasteiger partial charge on any atom is 0.401 e. The number of hydrogen-bond acceptors (Lipinski definition) is 4. The average molecular weight is 283 g/mol. The Morgan fingerprint density at radius 3 is 2.63 bits per heavy atom. The minimum Gasteiger partial charge on any atom is -0.374 e. The zero-order valence-corrected chi connectivity index (χ0v) is 11.6. The van der Waals surface area contributed by atoms with E-state index in [9.17, 15) is 13.2 Å². The molecule has 1 atom stereocenters. The first-order chi connectivity index (χ1) is 8.81. The molecule has 1 rings (SSSR count). The van der Waals surface area contributed by atoms with Crippen LogP contribution in [0.15, 0.2) is 0 Å². The summed E-state index contributed by atoms with van der Waals surface area (Å²) in [5, 5.41) is 0. The molecule has 1 fully saturated rings. The standard InChI is InChI=1S/C12H24F3N3O/c1-10(2)18-5-6-19-11(8-18)7-17(4-3-16)9-12(13,14)15/h10-11H,3-9,16H2,1-2H3.